The average Bonchev–Trinajstić information content (AvgIpc) is 3.05. The van der Waals surface area contributed by atoms with E-state index in [1.807, 2.05) is 24.3 Å². The quantitative estimate of drug-likeness (QED) is 0.294. The highest BCUT2D eigenvalue weighted by atomic mass is 28.4. The highest BCUT2D eigenvalue weighted by Crippen LogP contribution is 2.38. The molecule has 0 radical (unpaired) electrons. The Morgan fingerprint density at radius 1 is 1.09 bits per heavy atom. The number of nitrogens with one attached hydrogen (secondary N) is 1. The summed E-state index contributed by atoms with van der Waals surface area (Å²) in [5.41, 5.74) is 0.0254. The van der Waals surface area contributed by atoms with Gasteiger partial charge in [-0.3, -0.25) is 0 Å². The fraction of sp³-hybridized carbons (Fsp3) is 0.667. The number of carbonyl (C=O) groups is 2. The van der Waals surface area contributed by atoms with Crippen LogP contribution in [0.3, 0.4) is 0 Å². The highest BCUT2D eigenvalue weighted by molar-refractivity contribution is 6.74. The van der Waals surface area contributed by atoms with Gasteiger partial charge in [-0.2, -0.15) is 0 Å². The third kappa shape index (κ3) is 7.64. The SMILES string of the molecule is C[C@@H](NC(=O)OC(C)(C)C)[C@H]1OC(=O)O[C@H]1c1ccccc1OCCO[Si](C)(C)C(C)(C)C. The third-order valence-electron chi connectivity index (χ3n) is 5.83. The molecule has 0 unspecified atom stereocenters. The van der Waals surface area contributed by atoms with E-state index < -0.39 is 44.4 Å². The zero-order valence-corrected chi connectivity index (χ0v) is 22.3. The summed E-state index contributed by atoms with van der Waals surface area (Å²) in [6.07, 6.45) is -2.86. The lowest BCUT2D eigenvalue weighted by Gasteiger charge is -2.36. The first-order chi connectivity index (χ1) is 15.1. The molecule has 1 saturated heterocycles. The number of amides is 1. The van der Waals surface area contributed by atoms with Gasteiger partial charge in [-0.05, 0) is 51.9 Å². The van der Waals surface area contributed by atoms with Crippen LogP contribution >= 0.6 is 0 Å². The molecule has 8 nitrogen and oxygen atoms in total. The van der Waals surface area contributed by atoms with E-state index in [2.05, 4.69) is 39.2 Å². The van der Waals surface area contributed by atoms with Crippen LogP contribution in [0.2, 0.25) is 18.1 Å². The molecule has 9 heteroatoms. The zero-order valence-electron chi connectivity index (χ0n) is 21.3. The number of para-hydroxylation sites is 1. The Morgan fingerprint density at radius 2 is 1.73 bits per heavy atom. The molecule has 0 aliphatic carbocycles. The predicted octanol–water partition coefficient (Wildman–Crippen LogP) is 5.58. The normalized spacial score (nSPS) is 20.0. The van der Waals surface area contributed by atoms with Crippen molar-refractivity contribution < 1.29 is 33.0 Å². The fourth-order valence-electron chi connectivity index (χ4n) is 3.06. The summed E-state index contributed by atoms with van der Waals surface area (Å²) < 4.78 is 28.3. The molecule has 0 spiro atoms. The monoisotopic (exact) mass is 481 g/mol. The first-order valence-electron chi connectivity index (χ1n) is 11.3. The van der Waals surface area contributed by atoms with Gasteiger partial charge in [-0.15, -0.1) is 0 Å². The van der Waals surface area contributed by atoms with E-state index in [0.29, 0.717) is 24.5 Å². The van der Waals surface area contributed by atoms with E-state index in [9.17, 15) is 9.59 Å². The van der Waals surface area contributed by atoms with Gasteiger partial charge in [0.1, 0.15) is 18.0 Å². The van der Waals surface area contributed by atoms with Gasteiger partial charge in [0.25, 0.3) is 0 Å². The van der Waals surface area contributed by atoms with E-state index in [1.165, 1.54) is 0 Å². The number of hydrogen-bond donors (Lipinski definition) is 1. The van der Waals surface area contributed by atoms with Crippen LogP contribution in [0.25, 0.3) is 0 Å². The predicted molar refractivity (Wildman–Crippen MR) is 128 cm³/mol. The van der Waals surface area contributed by atoms with Crippen LogP contribution in [0.1, 0.15) is 60.1 Å². The maximum absolute atomic E-state index is 12.2. The Bertz CT molecular complexity index is 829. The standard InChI is InChI=1S/C24H39NO7Si/c1-16(25-21(26)32-23(2,3)4)19-20(31-22(27)30-19)17-12-10-11-13-18(17)28-14-15-29-33(8,9)24(5,6)7/h10-13,16,19-20H,14-15H2,1-9H3,(H,25,26)/t16-,19-,20+/m1/s1. The summed E-state index contributed by atoms with van der Waals surface area (Å²) in [6, 6.07) is 6.78. The minimum atomic E-state index is -1.87. The molecular weight excluding hydrogens is 442 g/mol. The number of rotatable bonds is 8. The van der Waals surface area contributed by atoms with E-state index in [0.717, 1.165) is 0 Å². The Morgan fingerprint density at radius 3 is 2.33 bits per heavy atom. The minimum Gasteiger partial charge on any atom is -0.491 e. The maximum Gasteiger partial charge on any atom is 0.509 e. The third-order valence-corrected chi connectivity index (χ3v) is 10.4. The van der Waals surface area contributed by atoms with Gasteiger partial charge >= 0.3 is 12.2 Å². The molecule has 1 N–H and O–H groups in total. The lowest BCUT2D eigenvalue weighted by molar-refractivity contribution is 0.0423. The van der Waals surface area contributed by atoms with Crippen LogP contribution in [0.5, 0.6) is 5.75 Å². The lowest BCUT2D eigenvalue weighted by Crippen LogP contribution is -2.45. The summed E-state index contributed by atoms with van der Waals surface area (Å²) in [7, 11) is -1.87. The van der Waals surface area contributed by atoms with Crippen molar-refractivity contribution in [2.24, 2.45) is 0 Å². The number of benzene rings is 1. The van der Waals surface area contributed by atoms with Crippen molar-refractivity contribution in [2.45, 2.75) is 90.4 Å². The van der Waals surface area contributed by atoms with Crippen molar-refractivity contribution in [1.82, 2.24) is 5.32 Å². The van der Waals surface area contributed by atoms with Crippen molar-refractivity contribution in [3.63, 3.8) is 0 Å². The van der Waals surface area contributed by atoms with Crippen LogP contribution in [-0.4, -0.2) is 51.5 Å². The first-order valence-corrected chi connectivity index (χ1v) is 14.2. The topological polar surface area (TPSA) is 92.3 Å². The van der Waals surface area contributed by atoms with Gasteiger partial charge in [0.2, 0.25) is 0 Å². The number of ether oxygens (including phenoxy) is 4. The molecule has 1 aliphatic rings. The molecule has 3 atom stereocenters. The van der Waals surface area contributed by atoms with Gasteiger partial charge in [0.15, 0.2) is 20.5 Å². The van der Waals surface area contributed by atoms with Crippen LogP contribution in [0.4, 0.5) is 9.59 Å². The molecule has 1 aliphatic heterocycles. The Labute approximate surface area is 198 Å². The van der Waals surface area contributed by atoms with Crippen molar-refractivity contribution in [3.05, 3.63) is 29.8 Å². The van der Waals surface area contributed by atoms with Crippen molar-refractivity contribution in [2.75, 3.05) is 13.2 Å². The summed E-state index contributed by atoms with van der Waals surface area (Å²) in [5, 5.41) is 2.84. The molecule has 1 fully saturated rings. The molecule has 186 valence electrons. The summed E-state index contributed by atoms with van der Waals surface area (Å²) in [6.45, 7) is 18.9. The van der Waals surface area contributed by atoms with Gasteiger partial charge in [-0.1, -0.05) is 39.0 Å². The van der Waals surface area contributed by atoms with Crippen molar-refractivity contribution in [3.8, 4) is 5.75 Å². The number of hydrogen-bond acceptors (Lipinski definition) is 7. The molecule has 0 aromatic heterocycles. The van der Waals surface area contributed by atoms with E-state index in [-0.39, 0.29) is 5.04 Å². The Kier molecular flexibility index (Phi) is 8.45. The Hall–Kier alpha value is -2.26. The molecule has 1 aromatic carbocycles. The lowest BCUT2D eigenvalue weighted by atomic mass is 9.99. The smallest absolute Gasteiger partial charge is 0.491 e. The molecule has 2 rings (SSSR count). The number of carbonyl (C=O) groups excluding carboxylic acids is 2. The maximum atomic E-state index is 12.2. The average molecular weight is 482 g/mol. The van der Waals surface area contributed by atoms with Crippen LogP contribution in [0, 0.1) is 0 Å². The summed E-state index contributed by atoms with van der Waals surface area (Å²) in [5.74, 6) is 0.578. The highest BCUT2D eigenvalue weighted by Gasteiger charge is 2.43. The molecule has 1 heterocycles. The molecule has 0 saturated carbocycles. The van der Waals surface area contributed by atoms with Gasteiger partial charge in [0.05, 0.1) is 12.6 Å². The van der Waals surface area contributed by atoms with Crippen LogP contribution in [0.15, 0.2) is 24.3 Å². The van der Waals surface area contributed by atoms with Gasteiger partial charge in [0, 0.05) is 5.56 Å². The van der Waals surface area contributed by atoms with Gasteiger partial charge < -0.3 is 28.7 Å². The van der Waals surface area contributed by atoms with Crippen molar-refractivity contribution >= 4 is 20.6 Å². The minimum absolute atomic E-state index is 0.116. The number of alkyl carbamates (subject to hydrolysis) is 1. The summed E-state index contributed by atoms with van der Waals surface area (Å²) >= 11 is 0. The van der Waals surface area contributed by atoms with Crippen LogP contribution < -0.4 is 10.1 Å². The molecular formula is C24H39NO7Si. The van der Waals surface area contributed by atoms with E-state index in [1.54, 1.807) is 27.7 Å². The van der Waals surface area contributed by atoms with Gasteiger partial charge in [-0.25, -0.2) is 9.59 Å². The first kappa shape index (κ1) is 27.0. The number of cyclic esters (lactones) is 2. The molecule has 0 bridgehead atoms. The van der Waals surface area contributed by atoms with Crippen molar-refractivity contribution in [1.29, 1.82) is 0 Å². The van der Waals surface area contributed by atoms with E-state index >= 15 is 0 Å². The zero-order chi connectivity index (χ0) is 25.0. The fourth-order valence-corrected chi connectivity index (χ4v) is 4.09. The second kappa shape index (κ2) is 10.3. The second-order valence-corrected chi connectivity index (χ2v) is 15.6. The summed E-state index contributed by atoms with van der Waals surface area (Å²) in [4.78, 5) is 24.2. The molecule has 33 heavy (non-hydrogen) atoms. The molecule has 1 amide bonds. The molecule has 1 aromatic rings. The largest absolute Gasteiger partial charge is 0.509 e. The van der Waals surface area contributed by atoms with Crippen LogP contribution in [-0.2, 0) is 18.6 Å². The second-order valence-electron chi connectivity index (χ2n) is 10.8. The Balaban J connectivity index is 2.07. The van der Waals surface area contributed by atoms with E-state index in [4.69, 9.17) is 23.4 Å².